The molecular weight excluding hydrogens is 539 g/mol. The molecule has 0 aromatic carbocycles. The smallest absolute Gasteiger partial charge is 0.390 e. The normalized spacial score (nSPS) is 20.6. The van der Waals surface area contributed by atoms with Gasteiger partial charge < -0.3 is 14.9 Å². The van der Waals surface area contributed by atoms with Crippen LogP contribution in [0.5, 0.6) is 0 Å². The number of rotatable bonds is 9. The second-order valence-electron chi connectivity index (χ2n) is 4.23. The number of halogens is 4. The Labute approximate surface area is 146 Å². The van der Waals surface area contributed by atoms with Gasteiger partial charge in [-0.25, -0.2) is 4.57 Å². The van der Waals surface area contributed by atoms with Gasteiger partial charge in [-0.05, 0) is 19.8 Å². The average molecular weight is 556 g/mol. The molecule has 0 fully saturated rings. The van der Waals surface area contributed by atoms with Crippen molar-refractivity contribution in [2.45, 2.75) is 41.1 Å². The number of hydrogen-bond donors (Lipinski definition) is 3. The van der Waals surface area contributed by atoms with Gasteiger partial charge in [-0.1, -0.05) is 63.7 Å². The van der Waals surface area contributed by atoms with E-state index in [1.807, 2.05) is 0 Å². The first-order valence-electron chi connectivity index (χ1n) is 5.40. The van der Waals surface area contributed by atoms with Crippen molar-refractivity contribution in [2.24, 2.45) is 0 Å². The maximum absolute atomic E-state index is 11.2. The summed E-state index contributed by atoms with van der Waals surface area (Å²) >= 11 is 13.3. The second kappa shape index (κ2) is 9.20. The fourth-order valence-electron chi connectivity index (χ4n) is 1.67. The van der Waals surface area contributed by atoms with Crippen molar-refractivity contribution in [1.82, 2.24) is 0 Å². The maximum Gasteiger partial charge on any atom is 0.470 e. The molecule has 0 amide bonds. The van der Waals surface area contributed by atoms with Gasteiger partial charge in [0.2, 0.25) is 0 Å². The Morgan fingerprint density at radius 1 is 1.16 bits per heavy atom. The molecule has 0 aromatic rings. The highest BCUT2D eigenvalue weighted by Crippen LogP contribution is 2.47. The lowest BCUT2D eigenvalue weighted by Crippen LogP contribution is -2.46. The summed E-state index contributed by atoms with van der Waals surface area (Å²) in [5.74, 6) is 0. The standard InChI is InChI=1S/C9H17Br4O5P/c1-6(14)9(2-7(12)4-10,3-8(13)5-11)18-19(15,16)17/h6-8,14H,2-5H2,1H3,(H2,15,16,17). The quantitative estimate of drug-likeness (QED) is 0.300. The third-order valence-corrected chi connectivity index (χ3v) is 7.73. The number of alkyl halides is 4. The summed E-state index contributed by atoms with van der Waals surface area (Å²) in [6, 6.07) is 0. The first-order valence-corrected chi connectivity index (χ1v) is 11.0. The average Bonchev–Trinajstić information content (AvgIpc) is 2.25. The molecular formula is C9H17Br4O5P. The summed E-state index contributed by atoms with van der Waals surface area (Å²) in [6.45, 7) is 1.47. The van der Waals surface area contributed by atoms with E-state index < -0.39 is 19.5 Å². The number of phosphoric acid groups is 1. The van der Waals surface area contributed by atoms with E-state index in [1.165, 1.54) is 6.92 Å². The Morgan fingerprint density at radius 2 is 1.53 bits per heavy atom. The number of phosphoric ester groups is 1. The Kier molecular flexibility index (Phi) is 10.2. The van der Waals surface area contributed by atoms with Crippen LogP contribution in [0, 0.1) is 0 Å². The van der Waals surface area contributed by atoms with E-state index in [0.29, 0.717) is 10.7 Å². The molecule has 0 aliphatic carbocycles. The van der Waals surface area contributed by atoms with Crippen LogP contribution in [-0.4, -0.2) is 46.9 Å². The molecule has 5 nitrogen and oxygen atoms in total. The van der Waals surface area contributed by atoms with E-state index in [2.05, 4.69) is 63.7 Å². The molecule has 3 unspecified atom stereocenters. The van der Waals surface area contributed by atoms with Gasteiger partial charge in [-0.15, -0.1) is 0 Å². The van der Waals surface area contributed by atoms with Crippen LogP contribution in [0.25, 0.3) is 0 Å². The molecule has 0 heterocycles. The third kappa shape index (κ3) is 8.26. The first kappa shape index (κ1) is 21.0. The highest BCUT2D eigenvalue weighted by Gasteiger charge is 2.44. The summed E-state index contributed by atoms with van der Waals surface area (Å²) in [7, 11) is -4.71. The SMILES string of the molecule is CC(O)C(CC(Br)CBr)(CC(Br)CBr)OP(=O)(O)O. The van der Waals surface area contributed by atoms with Gasteiger partial charge >= 0.3 is 7.82 Å². The molecule has 0 saturated carbocycles. The minimum Gasteiger partial charge on any atom is -0.390 e. The molecule has 0 saturated heterocycles. The molecule has 0 radical (unpaired) electrons. The van der Waals surface area contributed by atoms with Crippen molar-refractivity contribution in [1.29, 1.82) is 0 Å². The minimum absolute atomic E-state index is 0.0799. The molecule has 3 N–H and O–H groups in total. The molecule has 0 aliphatic heterocycles. The molecule has 0 rings (SSSR count). The van der Waals surface area contributed by atoms with Crippen molar-refractivity contribution in [2.75, 3.05) is 10.7 Å². The highest BCUT2D eigenvalue weighted by molar-refractivity contribution is 9.12. The molecule has 3 atom stereocenters. The van der Waals surface area contributed by atoms with E-state index in [1.54, 1.807) is 0 Å². The van der Waals surface area contributed by atoms with Crippen LogP contribution in [0.2, 0.25) is 0 Å². The summed E-state index contributed by atoms with van der Waals surface area (Å²) in [6.07, 6.45) is -0.509. The maximum atomic E-state index is 11.2. The number of aliphatic hydroxyl groups is 1. The molecule has 0 aromatic heterocycles. The number of hydrogen-bond acceptors (Lipinski definition) is 3. The van der Waals surface area contributed by atoms with E-state index >= 15 is 0 Å². The van der Waals surface area contributed by atoms with Crippen molar-refractivity contribution < 1.29 is 24.0 Å². The van der Waals surface area contributed by atoms with Gasteiger partial charge in [0.25, 0.3) is 0 Å². The largest absolute Gasteiger partial charge is 0.470 e. The van der Waals surface area contributed by atoms with E-state index in [-0.39, 0.29) is 22.5 Å². The molecule has 116 valence electrons. The zero-order valence-electron chi connectivity index (χ0n) is 10.2. The van der Waals surface area contributed by atoms with Gasteiger partial charge in [0.15, 0.2) is 0 Å². The topological polar surface area (TPSA) is 87.0 Å². The highest BCUT2D eigenvalue weighted by atomic mass is 79.9. The lowest BCUT2D eigenvalue weighted by atomic mass is 9.88. The van der Waals surface area contributed by atoms with Crippen LogP contribution in [0.15, 0.2) is 0 Å². The van der Waals surface area contributed by atoms with Crippen LogP contribution < -0.4 is 0 Å². The molecule has 19 heavy (non-hydrogen) atoms. The summed E-state index contributed by atoms with van der Waals surface area (Å²) in [4.78, 5) is 18.0. The Bertz CT molecular complexity index is 299. The van der Waals surface area contributed by atoms with Crippen molar-refractivity contribution in [3.63, 3.8) is 0 Å². The Morgan fingerprint density at radius 3 is 1.74 bits per heavy atom. The Hall–Kier alpha value is 1.99. The van der Waals surface area contributed by atoms with Crippen molar-refractivity contribution in [3.05, 3.63) is 0 Å². The van der Waals surface area contributed by atoms with Crippen LogP contribution in [0.1, 0.15) is 19.8 Å². The van der Waals surface area contributed by atoms with E-state index in [4.69, 9.17) is 14.3 Å². The van der Waals surface area contributed by atoms with Crippen molar-refractivity contribution in [3.8, 4) is 0 Å². The van der Waals surface area contributed by atoms with Crippen LogP contribution in [0.4, 0.5) is 0 Å². The molecule has 10 heteroatoms. The molecule has 0 aliphatic rings. The fourth-order valence-corrected chi connectivity index (χ4v) is 4.00. The number of aliphatic hydroxyl groups excluding tert-OH is 1. The van der Waals surface area contributed by atoms with Crippen molar-refractivity contribution >= 4 is 71.5 Å². The predicted molar refractivity (Wildman–Crippen MR) is 89.8 cm³/mol. The minimum atomic E-state index is -4.71. The molecule has 0 spiro atoms. The lowest BCUT2D eigenvalue weighted by molar-refractivity contribution is -0.0697. The molecule has 0 bridgehead atoms. The Balaban J connectivity index is 5.27. The van der Waals surface area contributed by atoms with E-state index in [9.17, 15) is 9.67 Å². The summed E-state index contributed by atoms with van der Waals surface area (Å²) in [5.41, 5.74) is -1.33. The third-order valence-electron chi connectivity index (χ3n) is 2.53. The summed E-state index contributed by atoms with van der Waals surface area (Å²) in [5, 5.41) is 11.1. The zero-order chi connectivity index (χ0) is 15.3. The monoisotopic (exact) mass is 552 g/mol. The summed E-state index contributed by atoms with van der Waals surface area (Å²) < 4.78 is 16.1. The van der Waals surface area contributed by atoms with Gasteiger partial charge in [-0.2, -0.15) is 0 Å². The van der Waals surface area contributed by atoms with Crippen LogP contribution in [-0.2, 0) is 9.09 Å². The van der Waals surface area contributed by atoms with E-state index in [0.717, 1.165) is 0 Å². The van der Waals surface area contributed by atoms with Gasteiger partial charge in [0.05, 0.1) is 6.10 Å². The van der Waals surface area contributed by atoms with Gasteiger partial charge in [0, 0.05) is 20.3 Å². The van der Waals surface area contributed by atoms with Crippen LogP contribution >= 0.6 is 71.5 Å². The zero-order valence-corrected chi connectivity index (χ0v) is 17.4. The second-order valence-corrected chi connectivity index (χ2v) is 9.28. The lowest BCUT2D eigenvalue weighted by Gasteiger charge is -2.38. The van der Waals surface area contributed by atoms with Gasteiger partial charge in [-0.3, -0.25) is 4.52 Å². The fraction of sp³-hybridized carbons (Fsp3) is 1.00. The first-order chi connectivity index (χ1) is 8.56. The van der Waals surface area contributed by atoms with Crippen LogP contribution in [0.3, 0.4) is 0 Å². The predicted octanol–water partition coefficient (Wildman–Crippen LogP) is 3.31. The van der Waals surface area contributed by atoms with Gasteiger partial charge in [0.1, 0.15) is 5.60 Å².